The quantitative estimate of drug-likeness (QED) is 0.677. The average Bonchev–Trinajstić information content (AvgIpc) is 2.68. The topological polar surface area (TPSA) is 59.8 Å². The number of Topliss-reactive ketones (excluding diaryl/α,β-unsaturated/α-hetero) is 1. The Kier molecular flexibility index (Phi) is 4.31. The Bertz CT molecular complexity index is 1030. The molecule has 5 heteroatoms. The predicted octanol–water partition coefficient (Wildman–Crippen LogP) is 3.50. The van der Waals surface area contributed by atoms with E-state index in [9.17, 15) is 9.59 Å². The molecule has 0 aliphatic carbocycles. The summed E-state index contributed by atoms with van der Waals surface area (Å²) in [6, 6.07) is 14.5. The number of ketones is 1. The first-order valence-electron chi connectivity index (χ1n) is 8.64. The van der Waals surface area contributed by atoms with Crippen molar-refractivity contribution in [2.75, 3.05) is 31.2 Å². The largest absolute Gasteiger partial charge is 0.440 e. The van der Waals surface area contributed by atoms with Crippen molar-refractivity contribution in [3.8, 4) is 11.1 Å². The molecule has 1 saturated heterocycles. The van der Waals surface area contributed by atoms with E-state index in [-0.39, 0.29) is 11.2 Å². The van der Waals surface area contributed by atoms with Gasteiger partial charge < -0.3 is 14.1 Å². The standard InChI is InChI=1S/C21H19NO4/c1-14(23)15-3-2-4-16(11-15)17-5-6-20-18(12-17)19(24)13-21(26-20)22-7-9-25-10-8-22/h2-6,11-13H,7-10H2,1H3. The number of carbonyl (C=O) groups excluding carboxylic acids is 1. The molecule has 1 aromatic heterocycles. The van der Waals surface area contributed by atoms with E-state index in [1.807, 2.05) is 41.3 Å². The molecule has 26 heavy (non-hydrogen) atoms. The fraction of sp³-hybridized carbons (Fsp3) is 0.238. The molecule has 4 rings (SSSR count). The van der Waals surface area contributed by atoms with Crippen molar-refractivity contribution in [1.29, 1.82) is 0 Å². The molecule has 0 spiro atoms. The molecular weight excluding hydrogens is 330 g/mol. The van der Waals surface area contributed by atoms with Crippen LogP contribution in [0.1, 0.15) is 17.3 Å². The van der Waals surface area contributed by atoms with Gasteiger partial charge in [0.2, 0.25) is 0 Å². The number of carbonyl (C=O) groups is 1. The molecule has 5 nitrogen and oxygen atoms in total. The molecule has 0 bridgehead atoms. The summed E-state index contributed by atoms with van der Waals surface area (Å²) in [6.45, 7) is 4.23. The minimum absolute atomic E-state index is 0.0160. The zero-order chi connectivity index (χ0) is 18.1. The molecule has 132 valence electrons. The van der Waals surface area contributed by atoms with Crippen LogP contribution in [0.4, 0.5) is 5.88 Å². The number of benzene rings is 2. The number of hydrogen-bond donors (Lipinski definition) is 0. The van der Waals surface area contributed by atoms with Gasteiger partial charge in [-0.15, -0.1) is 0 Å². The van der Waals surface area contributed by atoms with E-state index in [0.29, 0.717) is 48.7 Å². The third-order valence-corrected chi connectivity index (χ3v) is 4.64. The number of anilines is 1. The summed E-state index contributed by atoms with van der Waals surface area (Å²) in [5.74, 6) is 0.597. The lowest BCUT2D eigenvalue weighted by molar-refractivity contribution is 0.101. The highest BCUT2D eigenvalue weighted by atomic mass is 16.5. The maximum Gasteiger partial charge on any atom is 0.200 e. The Hall–Kier alpha value is -2.92. The minimum Gasteiger partial charge on any atom is -0.440 e. The van der Waals surface area contributed by atoms with Gasteiger partial charge in [0.25, 0.3) is 0 Å². The number of hydrogen-bond acceptors (Lipinski definition) is 5. The van der Waals surface area contributed by atoms with E-state index in [0.717, 1.165) is 11.1 Å². The summed E-state index contributed by atoms with van der Waals surface area (Å²) in [5.41, 5.74) is 2.92. The van der Waals surface area contributed by atoms with Crippen LogP contribution in [-0.4, -0.2) is 32.1 Å². The van der Waals surface area contributed by atoms with Gasteiger partial charge in [-0.05, 0) is 36.2 Å². The predicted molar refractivity (Wildman–Crippen MR) is 101 cm³/mol. The van der Waals surface area contributed by atoms with Crippen LogP contribution in [0.25, 0.3) is 22.1 Å². The summed E-state index contributed by atoms with van der Waals surface area (Å²) in [5, 5.41) is 0.535. The third kappa shape index (κ3) is 3.13. The molecule has 1 fully saturated rings. The highest BCUT2D eigenvalue weighted by Crippen LogP contribution is 2.26. The van der Waals surface area contributed by atoms with Gasteiger partial charge in [-0.25, -0.2) is 0 Å². The molecule has 0 atom stereocenters. The van der Waals surface area contributed by atoms with Crippen LogP contribution < -0.4 is 10.3 Å². The lowest BCUT2D eigenvalue weighted by Gasteiger charge is -2.27. The molecule has 0 saturated carbocycles. The van der Waals surface area contributed by atoms with E-state index < -0.39 is 0 Å². The van der Waals surface area contributed by atoms with Gasteiger partial charge in [0.1, 0.15) is 5.58 Å². The molecule has 3 aromatic rings. The molecule has 2 heterocycles. The Labute approximate surface area is 150 Å². The van der Waals surface area contributed by atoms with Gasteiger partial charge >= 0.3 is 0 Å². The van der Waals surface area contributed by atoms with Crippen molar-refractivity contribution < 1.29 is 13.9 Å². The van der Waals surface area contributed by atoms with Crippen molar-refractivity contribution in [3.63, 3.8) is 0 Å². The second-order valence-electron chi connectivity index (χ2n) is 6.40. The fourth-order valence-corrected chi connectivity index (χ4v) is 3.18. The van der Waals surface area contributed by atoms with Crippen LogP contribution in [0.5, 0.6) is 0 Å². The zero-order valence-corrected chi connectivity index (χ0v) is 14.5. The summed E-state index contributed by atoms with van der Waals surface area (Å²) >= 11 is 0. The van der Waals surface area contributed by atoms with Crippen molar-refractivity contribution in [2.45, 2.75) is 6.92 Å². The third-order valence-electron chi connectivity index (χ3n) is 4.64. The van der Waals surface area contributed by atoms with E-state index in [1.165, 1.54) is 0 Å². The number of rotatable bonds is 3. The minimum atomic E-state index is -0.0719. The summed E-state index contributed by atoms with van der Waals surface area (Å²) in [4.78, 5) is 26.3. The van der Waals surface area contributed by atoms with Crippen LogP contribution in [0, 0.1) is 0 Å². The lowest BCUT2D eigenvalue weighted by atomic mass is 10.0. The second-order valence-corrected chi connectivity index (χ2v) is 6.40. The van der Waals surface area contributed by atoms with Gasteiger partial charge in [-0.1, -0.05) is 24.3 Å². The molecule has 0 N–H and O–H groups in total. The van der Waals surface area contributed by atoms with Crippen LogP contribution in [0.2, 0.25) is 0 Å². The van der Waals surface area contributed by atoms with Crippen molar-refractivity contribution in [1.82, 2.24) is 0 Å². The Balaban J connectivity index is 1.76. The first-order valence-corrected chi connectivity index (χ1v) is 8.64. The molecule has 0 radical (unpaired) electrons. The smallest absolute Gasteiger partial charge is 0.200 e. The van der Waals surface area contributed by atoms with E-state index in [4.69, 9.17) is 9.15 Å². The first kappa shape index (κ1) is 16.5. The van der Waals surface area contributed by atoms with Gasteiger partial charge in [0.05, 0.1) is 18.6 Å². The first-order chi connectivity index (χ1) is 12.6. The summed E-state index contributed by atoms with van der Waals surface area (Å²) in [7, 11) is 0. The van der Waals surface area contributed by atoms with Gasteiger partial charge in [0, 0.05) is 24.7 Å². The van der Waals surface area contributed by atoms with Crippen LogP contribution in [-0.2, 0) is 4.74 Å². The summed E-state index contributed by atoms with van der Waals surface area (Å²) in [6.07, 6.45) is 0. The Morgan fingerprint density at radius 3 is 2.54 bits per heavy atom. The van der Waals surface area contributed by atoms with E-state index >= 15 is 0 Å². The van der Waals surface area contributed by atoms with Gasteiger partial charge in [-0.3, -0.25) is 9.59 Å². The second kappa shape index (κ2) is 6.77. The van der Waals surface area contributed by atoms with Crippen molar-refractivity contribution in [3.05, 3.63) is 64.3 Å². The number of ether oxygens (including phenoxy) is 1. The number of nitrogens with zero attached hydrogens (tertiary/aromatic N) is 1. The molecular formula is C21H19NO4. The van der Waals surface area contributed by atoms with Crippen LogP contribution in [0.15, 0.2) is 57.7 Å². The SMILES string of the molecule is CC(=O)c1cccc(-c2ccc3oc(N4CCOCC4)cc(=O)c3c2)c1. The lowest BCUT2D eigenvalue weighted by Crippen LogP contribution is -2.36. The zero-order valence-electron chi connectivity index (χ0n) is 14.5. The van der Waals surface area contributed by atoms with E-state index in [1.54, 1.807) is 19.1 Å². The van der Waals surface area contributed by atoms with Crippen LogP contribution >= 0.6 is 0 Å². The monoisotopic (exact) mass is 349 g/mol. The average molecular weight is 349 g/mol. The molecule has 0 unspecified atom stereocenters. The summed E-state index contributed by atoms with van der Waals surface area (Å²) < 4.78 is 11.3. The highest BCUT2D eigenvalue weighted by Gasteiger charge is 2.15. The van der Waals surface area contributed by atoms with Crippen molar-refractivity contribution >= 4 is 22.6 Å². The number of morpholine rings is 1. The Morgan fingerprint density at radius 1 is 1.00 bits per heavy atom. The molecule has 0 amide bonds. The Morgan fingerprint density at radius 2 is 1.77 bits per heavy atom. The fourth-order valence-electron chi connectivity index (χ4n) is 3.18. The van der Waals surface area contributed by atoms with Crippen molar-refractivity contribution in [2.24, 2.45) is 0 Å². The van der Waals surface area contributed by atoms with Crippen LogP contribution in [0.3, 0.4) is 0 Å². The molecule has 2 aromatic carbocycles. The normalized spacial score (nSPS) is 14.6. The maximum atomic E-state index is 12.6. The van der Waals surface area contributed by atoms with Gasteiger partial charge in [0.15, 0.2) is 17.1 Å². The maximum absolute atomic E-state index is 12.6. The van der Waals surface area contributed by atoms with Gasteiger partial charge in [-0.2, -0.15) is 0 Å². The highest BCUT2D eigenvalue weighted by molar-refractivity contribution is 5.95. The number of fused-ring (bicyclic) bond motifs is 1. The molecule has 1 aliphatic heterocycles. The van der Waals surface area contributed by atoms with E-state index in [2.05, 4.69) is 0 Å². The molecule has 1 aliphatic rings.